The summed E-state index contributed by atoms with van der Waals surface area (Å²) in [4.78, 5) is 0. The molecule has 0 aliphatic heterocycles. The Morgan fingerprint density at radius 3 is 1.43 bits per heavy atom. The van der Waals surface area contributed by atoms with Crippen molar-refractivity contribution in [1.82, 2.24) is 0 Å². The average Bonchev–Trinajstić information content (AvgIpc) is 1.39. The van der Waals surface area contributed by atoms with Crippen LogP contribution in [0, 0.1) is 13.8 Å². The molecule has 0 atom stereocenters. The summed E-state index contributed by atoms with van der Waals surface area (Å²) >= 11 is 0. The SMILES string of the molecule is [CH2+]CC.[CH2-]CC.[Y]. The minimum Gasteiger partial charge on any atom is -0.344 e. The van der Waals surface area contributed by atoms with Crippen LogP contribution >= 0.6 is 0 Å². The van der Waals surface area contributed by atoms with E-state index in [0.29, 0.717) is 0 Å². The van der Waals surface area contributed by atoms with Crippen molar-refractivity contribution in [3.05, 3.63) is 13.8 Å². The molecule has 0 saturated carbocycles. The molecule has 0 aromatic heterocycles. The smallest absolute Gasteiger partial charge is 0.0822 e. The van der Waals surface area contributed by atoms with Gasteiger partial charge in [-0.05, 0) is 6.92 Å². The molecule has 1 radical (unpaired) electrons. The zero-order chi connectivity index (χ0) is 5.41. The fourth-order valence-electron chi connectivity index (χ4n) is 0. The van der Waals surface area contributed by atoms with Crippen molar-refractivity contribution >= 4 is 0 Å². The summed E-state index contributed by atoms with van der Waals surface area (Å²) in [7, 11) is 0. The summed E-state index contributed by atoms with van der Waals surface area (Å²) in [5.74, 6) is 0. The summed E-state index contributed by atoms with van der Waals surface area (Å²) in [6.07, 6.45) is 2.00. The van der Waals surface area contributed by atoms with Crippen molar-refractivity contribution in [3.8, 4) is 0 Å². The Morgan fingerprint density at radius 2 is 1.43 bits per heavy atom. The van der Waals surface area contributed by atoms with Gasteiger partial charge in [0.2, 0.25) is 0 Å². The normalized spacial score (nSPS) is 5.00. The van der Waals surface area contributed by atoms with E-state index >= 15 is 0 Å². The van der Waals surface area contributed by atoms with Crippen molar-refractivity contribution < 1.29 is 32.7 Å². The van der Waals surface area contributed by atoms with Crippen LogP contribution in [0.4, 0.5) is 0 Å². The van der Waals surface area contributed by atoms with Crippen molar-refractivity contribution in [2.75, 3.05) is 0 Å². The van der Waals surface area contributed by atoms with Crippen LogP contribution in [0.25, 0.3) is 0 Å². The third-order valence-corrected chi connectivity index (χ3v) is 0. The molecule has 0 unspecified atom stereocenters. The van der Waals surface area contributed by atoms with Crippen LogP contribution in [-0.4, -0.2) is 0 Å². The molecule has 0 aromatic carbocycles. The molecule has 0 rings (SSSR count). The molecule has 0 saturated heterocycles. The molecule has 41 valence electrons. The molecular weight excluding hydrogens is 161 g/mol. The molecule has 0 aromatic rings. The maximum atomic E-state index is 3.49. The Kier molecular flexibility index (Phi) is 63.0. The zero-order valence-corrected chi connectivity index (χ0v) is 8.24. The van der Waals surface area contributed by atoms with E-state index in [4.69, 9.17) is 0 Å². The Morgan fingerprint density at radius 1 is 1.43 bits per heavy atom. The van der Waals surface area contributed by atoms with Gasteiger partial charge in [0.05, 0.1) is 13.3 Å². The maximum absolute atomic E-state index is 3.49. The van der Waals surface area contributed by atoms with Crippen LogP contribution in [0.15, 0.2) is 0 Å². The molecular formula is C6H14Y. The van der Waals surface area contributed by atoms with Gasteiger partial charge in [0.1, 0.15) is 0 Å². The van der Waals surface area contributed by atoms with Crippen LogP contribution in [0.5, 0.6) is 0 Å². The molecule has 0 aliphatic carbocycles. The first kappa shape index (κ1) is 15.7. The molecule has 0 aliphatic rings. The topological polar surface area (TPSA) is 0 Å². The van der Waals surface area contributed by atoms with E-state index in [1.807, 2.05) is 13.8 Å². The van der Waals surface area contributed by atoms with Gasteiger partial charge in [-0.1, -0.05) is 6.92 Å². The summed E-state index contributed by atoms with van der Waals surface area (Å²) < 4.78 is 0. The largest absolute Gasteiger partial charge is 0.344 e. The second-order valence-electron chi connectivity index (χ2n) is 1.000. The summed E-state index contributed by atoms with van der Waals surface area (Å²) in [6, 6.07) is 0. The van der Waals surface area contributed by atoms with Crippen molar-refractivity contribution in [2.24, 2.45) is 0 Å². The average molecular weight is 175 g/mol. The van der Waals surface area contributed by atoms with E-state index in [2.05, 4.69) is 13.8 Å². The van der Waals surface area contributed by atoms with E-state index < -0.39 is 0 Å². The monoisotopic (exact) mass is 175 g/mol. The van der Waals surface area contributed by atoms with E-state index in [-0.39, 0.29) is 32.7 Å². The van der Waals surface area contributed by atoms with Gasteiger partial charge in [-0.15, -0.1) is 0 Å². The second kappa shape index (κ2) is 28.1. The number of rotatable bonds is 0. The molecule has 0 fully saturated rings. The quantitative estimate of drug-likeness (QED) is 0.496. The summed E-state index contributed by atoms with van der Waals surface area (Å²) in [5, 5.41) is 0. The minimum atomic E-state index is 0. The van der Waals surface area contributed by atoms with Gasteiger partial charge in [0, 0.05) is 32.7 Å². The van der Waals surface area contributed by atoms with Gasteiger partial charge < -0.3 is 6.92 Å². The maximum Gasteiger partial charge on any atom is 0.0822 e. The Bertz CT molecular complexity index is 6.14. The third kappa shape index (κ3) is 182. The summed E-state index contributed by atoms with van der Waals surface area (Å²) in [5.41, 5.74) is 0. The van der Waals surface area contributed by atoms with E-state index in [1.54, 1.807) is 0 Å². The minimum absolute atomic E-state index is 0. The zero-order valence-electron chi connectivity index (χ0n) is 5.41. The first-order valence-electron chi connectivity index (χ1n) is 2.41. The van der Waals surface area contributed by atoms with Crippen LogP contribution in [0.1, 0.15) is 26.7 Å². The van der Waals surface area contributed by atoms with Crippen molar-refractivity contribution in [3.63, 3.8) is 0 Å². The van der Waals surface area contributed by atoms with Gasteiger partial charge in [-0.25, -0.2) is 0 Å². The Labute approximate surface area is 73.0 Å². The molecule has 0 bridgehead atoms. The molecule has 0 amide bonds. The first-order chi connectivity index (χ1) is 2.83. The number of hydrogen-bond donors (Lipinski definition) is 0. The molecule has 1 heteroatoms. The van der Waals surface area contributed by atoms with Gasteiger partial charge >= 0.3 is 0 Å². The van der Waals surface area contributed by atoms with Crippen LogP contribution in [0.3, 0.4) is 0 Å². The van der Waals surface area contributed by atoms with E-state index in [1.165, 1.54) is 0 Å². The van der Waals surface area contributed by atoms with Crippen LogP contribution in [0.2, 0.25) is 0 Å². The fraction of sp³-hybridized carbons (Fsp3) is 0.667. The first-order valence-corrected chi connectivity index (χ1v) is 2.41. The standard InChI is InChI=1S/2C3H7.Y/c2*1-3-2;/h2*1,3H2,2H3;/q-1;+1;. The van der Waals surface area contributed by atoms with Gasteiger partial charge in [-0.3, -0.25) is 0 Å². The fourth-order valence-corrected chi connectivity index (χ4v) is 0. The van der Waals surface area contributed by atoms with E-state index in [9.17, 15) is 0 Å². The van der Waals surface area contributed by atoms with Crippen LogP contribution in [-0.2, 0) is 32.7 Å². The Hall–Kier alpha value is 0.974. The third-order valence-electron chi connectivity index (χ3n) is 0. The molecule has 0 heterocycles. The molecule has 0 spiro atoms. The van der Waals surface area contributed by atoms with Crippen molar-refractivity contribution in [2.45, 2.75) is 26.7 Å². The molecule has 7 heavy (non-hydrogen) atoms. The van der Waals surface area contributed by atoms with Gasteiger partial charge in [0.25, 0.3) is 0 Å². The number of hydrogen-bond acceptors (Lipinski definition) is 0. The predicted octanol–water partition coefficient (Wildman–Crippen LogP) is 2.46. The molecule has 0 nitrogen and oxygen atoms in total. The van der Waals surface area contributed by atoms with Gasteiger partial charge in [0.15, 0.2) is 0 Å². The summed E-state index contributed by atoms with van der Waals surface area (Å²) in [6.45, 7) is 11.0. The molecule has 0 N–H and O–H groups in total. The second-order valence-corrected chi connectivity index (χ2v) is 1.000. The Balaban J connectivity index is -0.0000000400. The van der Waals surface area contributed by atoms with E-state index in [0.717, 1.165) is 12.8 Å². The van der Waals surface area contributed by atoms with Gasteiger partial charge in [-0.2, -0.15) is 6.42 Å². The van der Waals surface area contributed by atoms with Crippen molar-refractivity contribution in [1.29, 1.82) is 0 Å². The van der Waals surface area contributed by atoms with Crippen LogP contribution < -0.4 is 0 Å². The predicted molar refractivity (Wildman–Crippen MR) is 31.3 cm³/mol.